The molecular formula is C14H9BrClFO. The summed E-state index contributed by atoms with van der Waals surface area (Å²) >= 11 is 8.97. The summed E-state index contributed by atoms with van der Waals surface area (Å²) in [5, 5.41) is 0.324. The maximum atomic E-state index is 13.6. The SMILES string of the molecule is O=C(Cc1ccc(Cl)cc1F)c1ccccc1Br. The smallest absolute Gasteiger partial charge is 0.168 e. The summed E-state index contributed by atoms with van der Waals surface area (Å²) in [6.07, 6.45) is 0.0195. The van der Waals surface area contributed by atoms with Crippen LogP contribution in [0.3, 0.4) is 0 Å². The Hall–Kier alpha value is -1.19. The van der Waals surface area contributed by atoms with Crippen molar-refractivity contribution in [1.29, 1.82) is 0 Å². The lowest BCUT2D eigenvalue weighted by molar-refractivity contribution is 0.0991. The van der Waals surface area contributed by atoms with Crippen molar-refractivity contribution in [1.82, 2.24) is 0 Å². The highest BCUT2D eigenvalue weighted by molar-refractivity contribution is 9.10. The number of hydrogen-bond donors (Lipinski definition) is 0. The highest BCUT2D eigenvalue weighted by Gasteiger charge is 2.13. The number of hydrogen-bond acceptors (Lipinski definition) is 1. The molecule has 0 saturated carbocycles. The minimum atomic E-state index is -0.456. The average Bonchev–Trinajstić information content (AvgIpc) is 2.33. The summed E-state index contributed by atoms with van der Waals surface area (Å²) in [5.74, 6) is -0.591. The second-order valence-corrected chi connectivity index (χ2v) is 5.11. The summed E-state index contributed by atoms with van der Waals surface area (Å²) in [4.78, 5) is 12.0. The van der Waals surface area contributed by atoms with Gasteiger partial charge in [-0.2, -0.15) is 0 Å². The first kappa shape index (κ1) is 13.2. The zero-order valence-electron chi connectivity index (χ0n) is 9.29. The van der Waals surface area contributed by atoms with Crippen LogP contribution in [0.5, 0.6) is 0 Å². The lowest BCUT2D eigenvalue weighted by Gasteiger charge is -2.05. The van der Waals surface area contributed by atoms with Crippen molar-refractivity contribution in [3.05, 3.63) is 68.9 Å². The fraction of sp³-hybridized carbons (Fsp3) is 0.0714. The van der Waals surface area contributed by atoms with Crippen LogP contribution in [0.1, 0.15) is 15.9 Å². The number of carbonyl (C=O) groups is 1. The van der Waals surface area contributed by atoms with Gasteiger partial charge in [-0.25, -0.2) is 4.39 Å². The van der Waals surface area contributed by atoms with Gasteiger partial charge in [-0.05, 0) is 23.8 Å². The van der Waals surface area contributed by atoms with Crippen molar-refractivity contribution >= 4 is 33.3 Å². The van der Waals surface area contributed by atoms with Crippen LogP contribution in [0.4, 0.5) is 4.39 Å². The monoisotopic (exact) mass is 326 g/mol. The molecule has 0 N–H and O–H groups in total. The van der Waals surface area contributed by atoms with Gasteiger partial charge in [0.05, 0.1) is 0 Å². The number of benzene rings is 2. The summed E-state index contributed by atoms with van der Waals surface area (Å²) < 4.78 is 14.3. The molecule has 0 saturated heterocycles. The largest absolute Gasteiger partial charge is 0.294 e. The van der Waals surface area contributed by atoms with Gasteiger partial charge in [-0.15, -0.1) is 0 Å². The van der Waals surface area contributed by atoms with Crippen LogP contribution < -0.4 is 0 Å². The molecule has 0 radical (unpaired) electrons. The van der Waals surface area contributed by atoms with E-state index in [1.807, 2.05) is 6.07 Å². The number of rotatable bonds is 3. The van der Waals surface area contributed by atoms with Crippen molar-refractivity contribution in [2.75, 3.05) is 0 Å². The normalized spacial score (nSPS) is 10.4. The van der Waals surface area contributed by atoms with Crippen LogP contribution in [0, 0.1) is 5.82 Å². The molecule has 0 bridgehead atoms. The van der Waals surface area contributed by atoms with Crippen molar-refractivity contribution < 1.29 is 9.18 Å². The molecule has 1 nitrogen and oxygen atoms in total. The Morgan fingerprint density at radius 1 is 1.22 bits per heavy atom. The van der Waals surface area contributed by atoms with Crippen molar-refractivity contribution in [3.8, 4) is 0 Å². The van der Waals surface area contributed by atoms with Gasteiger partial charge in [-0.3, -0.25) is 4.79 Å². The first-order valence-corrected chi connectivity index (χ1v) is 6.46. The highest BCUT2D eigenvalue weighted by atomic mass is 79.9. The minimum Gasteiger partial charge on any atom is -0.294 e. The van der Waals surface area contributed by atoms with Crippen molar-refractivity contribution in [2.24, 2.45) is 0 Å². The molecule has 0 spiro atoms. The zero-order valence-corrected chi connectivity index (χ0v) is 11.6. The van der Waals surface area contributed by atoms with Crippen molar-refractivity contribution in [3.63, 3.8) is 0 Å². The van der Waals surface area contributed by atoms with Gasteiger partial charge < -0.3 is 0 Å². The first-order chi connectivity index (χ1) is 8.58. The maximum Gasteiger partial charge on any atom is 0.168 e. The Kier molecular flexibility index (Phi) is 4.15. The van der Waals surface area contributed by atoms with E-state index >= 15 is 0 Å². The molecule has 2 aromatic rings. The third-order valence-electron chi connectivity index (χ3n) is 2.54. The number of ketones is 1. The van der Waals surface area contributed by atoms with Crippen LogP contribution in [0.25, 0.3) is 0 Å². The maximum absolute atomic E-state index is 13.6. The van der Waals surface area contributed by atoms with Crippen LogP contribution in [-0.4, -0.2) is 5.78 Å². The quantitative estimate of drug-likeness (QED) is 0.749. The summed E-state index contributed by atoms with van der Waals surface area (Å²) in [6, 6.07) is 11.4. The number of Topliss-reactive ketones (excluding diaryl/α,β-unsaturated/α-hetero) is 1. The van der Waals surface area contributed by atoms with E-state index in [9.17, 15) is 9.18 Å². The van der Waals surface area contributed by atoms with E-state index in [2.05, 4.69) is 15.9 Å². The van der Waals surface area contributed by atoms with E-state index in [1.165, 1.54) is 12.1 Å². The van der Waals surface area contributed by atoms with Gasteiger partial charge >= 0.3 is 0 Å². The number of halogens is 3. The molecule has 0 aromatic heterocycles. The van der Waals surface area contributed by atoms with E-state index in [4.69, 9.17) is 11.6 Å². The summed E-state index contributed by atoms with van der Waals surface area (Å²) in [6.45, 7) is 0. The van der Waals surface area contributed by atoms with Crippen LogP contribution in [0.2, 0.25) is 5.02 Å². The summed E-state index contributed by atoms with van der Waals surface area (Å²) in [7, 11) is 0. The van der Waals surface area contributed by atoms with E-state index in [0.717, 1.165) is 0 Å². The van der Waals surface area contributed by atoms with E-state index in [-0.39, 0.29) is 12.2 Å². The Balaban J connectivity index is 2.24. The van der Waals surface area contributed by atoms with Gasteiger partial charge in [0.2, 0.25) is 0 Å². The first-order valence-electron chi connectivity index (χ1n) is 5.29. The van der Waals surface area contributed by atoms with Gasteiger partial charge in [0.1, 0.15) is 5.82 Å². The molecule has 0 amide bonds. The van der Waals surface area contributed by atoms with Crippen LogP contribution in [0.15, 0.2) is 46.9 Å². The molecule has 2 rings (SSSR count). The van der Waals surface area contributed by atoms with Crippen LogP contribution >= 0.6 is 27.5 Å². The summed E-state index contributed by atoms with van der Waals surface area (Å²) in [5.41, 5.74) is 0.895. The Bertz CT molecular complexity index is 598. The molecule has 0 fully saturated rings. The topological polar surface area (TPSA) is 17.1 Å². The molecule has 0 aliphatic heterocycles. The predicted octanol–water partition coefficient (Wildman–Crippen LogP) is 4.67. The predicted molar refractivity (Wildman–Crippen MR) is 73.6 cm³/mol. The lowest BCUT2D eigenvalue weighted by atomic mass is 10.0. The molecule has 0 atom stereocenters. The standard InChI is InChI=1S/C14H9BrClFO/c15-12-4-2-1-3-11(12)14(18)7-9-5-6-10(16)8-13(9)17/h1-6,8H,7H2. The van der Waals surface area contributed by atoms with Gasteiger partial charge in [0.15, 0.2) is 5.78 Å². The van der Waals surface area contributed by atoms with E-state index in [0.29, 0.717) is 20.6 Å². The molecule has 0 aliphatic carbocycles. The van der Waals surface area contributed by atoms with E-state index < -0.39 is 5.82 Å². The second-order valence-electron chi connectivity index (χ2n) is 3.82. The molecule has 92 valence electrons. The Morgan fingerprint density at radius 2 is 1.94 bits per heavy atom. The fourth-order valence-corrected chi connectivity index (χ4v) is 2.29. The fourth-order valence-electron chi connectivity index (χ4n) is 1.62. The average molecular weight is 328 g/mol. The third-order valence-corrected chi connectivity index (χ3v) is 3.47. The second kappa shape index (κ2) is 5.63. The minimum absolute atomic E-state index is 0.0195. The molecule has 18 heavy (non-hydrogen) atoms. The van der Waals surface area contributed by atoms with Crippen LogP contribution in [-0.2, 0) is 6.42 Å². The van der Waals surface area contributed by atoms with Gasteiger partial charge in [-0.1, -0.05) is 51.8 Å². The molecule has 4 heteroatoms. The highest BCUT2D eigenvalue weighted by Crippen LogP contribution is 2.20. The van der Waals surface area contributed by atoms with Gasteiger partial charge in [0.25, 0.3) is 0 Å². The molecule has 0 heterocycles. The molecular weight excluding hydrogens is 319 g/mol. The van der Waals surface area contributed by atoms with Gasteiger partial charge in [0, 0.05) is 21.5 Å². The Morgan fingerprint density at radius 3 is 2.61 bits per heavy atom. The van der Waals surface area contributed by atoms with E-state index in [1.54, 1.807) is 24.3 Å². The number of carbonyl (C=O) groups excluding carboxylic acids is 1. The molecule has 2 aromatic carbocycles. The molecule has 0 aliphatic rings. The van der Waals surface area contributed by atoms with Crippen molar-refractivity contribution in [2.45, 2.75) is 6.42 Å². The Labute approximate surface area is 118 Å². The third kappa shape index (κ3) is 2.98. The molecule has 0 unspecified atom stereocenters. The zero-order chi connectivity index (χ0) is 13.1. The lowest BCUT2D eigenvalue weighted by Crippen LogP contribution is -2.05.